The van der Waals surface area contributed by atoms with Crippen molar-refractivity contribution in [3.8, 4) is 5.75 Å². The van der Waals surface area contributed by atoms with Crippen molar-refractivity contribution < 1.29 is 19.1 Å². The van der Waals surface area contributed by atoms with E-state index in [1.54, 1.807) is 30.3 Å². The van der Waals surface area contributed by atoms with E-state index in [1.807, 2.05) is 30.3 Å². The average molecular weight is 367 g/mol. The maximum Gasteiger partial charge on any atom is 0.306 e. The number of ether oxygens (including phenoxy) is 2. The maximum atomic E-state index is 12.0. The molecule has 5 nitrogen and oxygen atoms in total. The van der Waals surface area contributed by atoms with Gasteiger partial charge in [-0.05, 0) is 30.5 Å². The number of carbonyl (C=O) groups excluding carboxylic acids is 2. The highest BCUT2D eigenvalue weighted by Gasteiger charge is 2.09. The van der Waals surface area contributed by atoms with Gasteiger partial charge in [-0.25, -0.2) is 0 Å². The molecule has 0 aliphatic carbocycles. The summed E-state index contributed by atoms with van der Waals surface area (Å²) < 4.78 is 10.6. The Hall–Kier alpha value is -3.08. The van der Waals surface area contributed by atoms with Gasteiger partial charge >= 0.3 is 5.97 Å². The van der Waals surface area contributed by atoms with Gasteiger partial charge in [0.1, 0.15) is 12.4 Å². The number of hydrogen-bond donors (Lipinski definition) is 1. The van der Waals surface area contributed by atoms with Crippen LogP contribution in [-0.2, 0) is 20.7 Å². The molecular weight excluding hydrogens is 342 g/mol. The lowest BCUT2D eigenvalue weighted by molar-refractivity contribution is -0.144. The van der Waals surface area contributed by atoms with Crippen LogP contribution in [0.1, 0.15) is 24.8 Å². The first kappa shape index (κ1) is 20.2. The average Bonchev–Trinajstić information content (AvgIpc) is 2.69. The molecule has 0 saturated carbocycles. The quantitative estimate of drug-likeness (QED) is 0.368. The number of nitrogens with one attached hydrogen (secondary N) is 1. The molecule has 0 aliphatic heterocycles. The van der Waals surface area contributed by atoms with E-state index < -0.39 is 0 Å². The molecule has 0 spiro atoms. The monoisotopic (exact) mass is 367 g/mol. The van der Waals surface area contributed by atoms with Crippen molar-refractivity contribution in [2.45, 2.75) is 25.7 Å². The zero-order chi connectivity index (χ0) is 19.3. The van der Waals surface area contributed by atoms with E-state index in [9.17, 15) is 9.59 Å². The second kappa shape index (κ2) is 11.5. The van der Waals surface area contributed by atoms with Crippen LogP contribution in [0.25, 0.3) is 0 Å². The topological polar surface area (TPSA) is 64.6 Å². The first-order chi connectivity index (χ1) is 13.2. The number of amides is 1. The summed E-state index contributed by atoms with van der Waals surface area (Å²) in [5.74, 6) is 0.0453. The van der Waals surface area contributed by atoms with Crippen LogP contribution in [0.15, 0.2) is 67.3 Å². The van der Waals surface area contributed by atoms with E-state index >= 15 is 0 Å². The molecule has 0 heterocycles. The number of aryl methyl sites for hydroxylation is 1. The third kappa shape index (κ3) is 8.23. The summed E-state index contributed by atoms with van der Waals surface area (Å²) in [5, 5.41) is 2.75. The minimum absolute atomic E-state index is 0.0594. The van der Waals surface area contributed by atoms with Gasteiger partial charge in [-0.15, -0.1) is 0 Å². The smallest absolute Gasteiger partial charge is 0.306 e. The van der Waals surface area contributed by atoms with E-state index in [-0.39, 0.29) is 24.7 Å². The SMILES string of the molecule is C=CCOc1cccc(NC(=O)CCC(=O)OCCCc2ccccc2)c1. The molecule has 2 aromatic rings. The Kier molecular flexibility index (Phi) is 8.63. The molecule has 0 aliphatic rings. The van der Waals surface area contributed by atoms with Crippen molar-refractivity contribution in [1.29, 1.82) is 0 Å². The van der Waals surface area contributed by atoms with Crippen LogP contribution in [0.3, 0.4) is 0 Å². The van der Waals surface area contributed by atoms with E-state index in [1.165, 1.54) is 5.56 Å². The van der Waals surface area contributed by atoms with Gasteiger partial charge in [-0.3, -0.25) is 9.59 Å². The standard InChI is InChI=1S/C22H25NO4/c1-2-15-26-20-12-6-11-19(17-20)23-21(24)13-14-22(25)27-16-7-10-18-8-4-3-5-9-18/h2-6,8-9,11-12,17H,1,7,10,13-16H2,(H,23,24). The fraction of sp³-hybridized carbons (Fsp3) is 0.273. The Labute approximate surface area is 160 Å². The highest BCUT2D eigenvalue weighted by atomic mass is 16.5. The third-order valence-corrected chi connectivity index (χ3v) is 3.76. The lowest BCUT2D eigenvalue weighted by Crippen LogP contribution is -2.15. The minimum Gasteiger partial charge on any atom is -0.489 e. The second-order valence-corrected chi connectivity index (χ2v) is 5.99. The Morgan fingerprint density at radius 3 is 2.63 bits per heavy atom. The van der Waals surface area contributed by atoms with Gasteiger partial charge in [0.05, 0.1) is 13.0 Å². The minimum atomic E-state index is -0.360. The van der Waals surface area contributed by atoms with Gasteiger partial charge in [0.2, 0.25) is 5.91 Å². The van der Waals surface area contributed by atoms with Gasteiger partial charge in [0.25, 0.3) is 0 Å². The van der Waals surface area contributed by atoms with Crippen LogP contribution in [0.5, 0.6) is 5.75 Å². The van der Waals surface area contributed by atoms with Gasteiger partial charge < -0.3 is 14.8 Å². The highest BCUT2D eigenvalue weighted by molar-refractivity contribution is 5.92. The van der Waals surface area contributed by atoms with E-state index in [0.717, 1.165) is 12.8 Å². The third-order valence-electron chi connectivity index (χ3n) is 3.76. The maximum absolute atomic E-state index is 12.0. The summed E-state index contributed by atoms with van der Waals surface area (Å²) >= 11 is 0. The summed E-state index contributed by atoms with van der Waals surface area (Å²) in [5.41, 5.74) is 1.84. The van der Waals surface area contributed by atoms with Crippen molar-refractivity contribution in [2.24, 2.45) is 0 Å². The molecule has 0 fully saturated rings. The van der Waals surface area contributed by atoms with Gasteiger partial charge in [-0.2, -0.15) is 0 Å². The fourth-order valence-corrected chi connectivity index (χ4v) is 2.44. The molecule has 1 amide bonds. The molecule has 2 rings (SSSR count). The summed E-state index contributed by atoms with van der Waals surface area (Å²) in [6.45, 7) is 4.35. The molecule has 142 valence electrons. The van der Waals surface area contributed by atoms with E-state index in [0.29, 0.717) is 24.7 Å². The van der Waals surface area contributed by atoms with Crippen LogP contribution >= 0.6 is 0 Å². The van der Waals surface area contributed by atoms with Gasteiger partial charge in [-0.1, -0.05) is 49.1 Å². The summed E-state index contributed by atoms with van der Waals surface area (Å²) in [4.78, 5) is 23.7. The molecule has 0 bridgehead atoms. The summed E-state index contributed by atoms with van der Waals surface area (Å²) in [6.07, 6.45) is 3.41. The molecule has 0 atom stereocenters. The molecule has 27 heavy (non-hydrogen) atoms. The van der Waals surface area contributed by atoms with Crippen molar-refractivity contribution >= 4 is 17.6 Å². The Morgan fingerprint density at radius 1 is 1.04 bits per heavy atom. The predicted octanol–water partition coefficient (Wildman–Crippen LogP) is 4.15. The number of benzene rings is 2. The zero-order valence-corrected chi connectivity index (χ0v) is 15.4. The van der Waals surface area contributed by atoms with Crippen LogP contribution in [0.2, 0.25) is 0 Å². The van der Waals surface area contributed by atoms with Gasteiger partial charge in [0, 0.05) is 18.2 Å². The Balaban J connectivity index is 1.63. The van der Waals surface area contributed by atoms with Crippen LogP contribution < -0.4 is 10.1 Å². The van der Waals surface area contributed by atoms with Crippen molar-refractivity contribution in [2.75, 3.05) is 18.5 Å². The highest BCUT2D eigenvalue weighted by Crippen LogP contribution is 2.17. The number of anilines is 1. The van der Waals surface area contributed by atoms with Crippen molar-refractivity contribution in [3.05, 3.63) is 72.8 Å². The molecule has 0 saturated heterocycles. The van der Waals surface area contributed by atoms with Gasteiger partial charge in [0.15, 0.2) is 0 Å². The van der Waals surface area contributed by atoms with E-state index in [2.05, 4.69) is 11.9 Å². The Bertz CT molecular complexity index is 743. The van der Waals surface area contributed by atoms with Crippen LogP contribution in [-0.4, -0.2) is 25.1 Å². The molecular formula is C22H25NO4. The molecule has 0 aromatic heterocycles. The molecule has 2 aromatic carbocycles. The molecule has 0 unspecified atom stereocenters. The molecule has 5 heteroatoms. The predicted molar refractivity (Wildman–Crippen MR) is 106 cm³/mol. The van der Waals surface area contributed by atoms with Crippen molar-refractivity contribution in [1.82, 2.24) is 0 Å². The Morgan fingerprint density at radius 2 is 1.85 bits per heavy atom. The summed E-state index contributed by atoms with van der Waals surface area (Å²) in [7, 11) is 0. The first-order valence-electron chi connectivity index (χ1n) is 9.00. The van der Waals surface area contributed by atoms with E-state index in [4.69, 9.17) is 9.47 Å². The largest absolute Gasteiger partial charge is 0.489 e. The number of esters is 1. The lowest BCUT2D eigenvalue weighted by Gasteiger charge is -2.08. The zero-order valence-electron chi connectivity index (χ0n) is 15.4. The number of carbonyl (C=O) groups is 2. The molecule has 1 N–H and O–H groups in total. The normalized spacial score (nSPS) is 10.1. The lowest BCUT2D eigenvalue weighted by atomic mass is 10.1. The fourth-order valence-electron chi connectivity index (χ4n) is 2.44. The molecule has 0 radical (unpaired) electrons. The van der Waals surface area contributed by atoms with Crippen molar-refractivity contribution in [3.63, 3.8) is 0 Å². The second-order valence-electron chi connectivity index (χ2n) is 5.99. The summed E-state index contributed by atoms with van der Waals surface area (Å²) in [6, 6.07) is 17.1. The van der Waals surface area contributed by atoms with Crippen LogP contribution in [0, 0.1) is 0 Å². The first-order valence-corrected chi connectivity index (χ1v) is 9.00. The number of rotatable bonds is 11. The number of hydrogen-bond acceptors (Lipinski definition) is 4. The van der Waals surface area contributed by atoms with Crippen LogP contribution in [0.4, 0.5) is 5.69 Å².